The molecule has 1 aliphatic heterocycles. The third-order valence-electron chi connectivity index (χ3n) is 5.19. The summed E-state index contributed by atoms with van der Waals surface area (Å²) in [7, 11) is 0. The Balaban J connectivity index is 1.57. The summed E-state index contributed by atoms with van der Waals surface area (Å²) in [6.45, 7) is 5.30. The second kappa shape index (κ2) is 7.67. The Morgan fingerprint density at radius 2 is 1.87 bits per heavy atom. The Morgan fingerprint density at radius 3 is 2.48 bits per heavy atom. The average molecular weight is 335 g/mol. The SMILES string of the molecule is CC(CNC(=O)C(c1ccc(Cl)cc1)C1CC1)N1CCCCC1. The van der Waals surface area contributed by atoms with E-state index in [1.807, 2.05) is 24.3 Å². The number of piperidine rings is 1. The molecule has 0 spiro atoms. The lowest BCUT2D eigenvalue weighted by atomic mass is 9.93. The summed E-state index contributed by atoms with van der Waals surface area (Å²) in [5.41, 5.74) is 1.10. The molecule has 1 aromatic rings. The van der Waals surface area contributed by atoms with Gasteiger partial charge in [-0.25, -0.2) is 0 Å². The molecule has 0 aromatic heterocycles. The fourth-order valence-corrected chi connectivity index (χ4v) is 3.71. The van der Waals surface area contributed by atoms with Crippen molar-refractivity contribution >= 4 is 17.5 Å². The van der Waals surface area contributed by atoms with Crippen LogP contribution in [-0.2, 0) is 4.79 Å². The minimum atomic E-state index is -0.0131. The minimum Gasteiger partial charge on any atom is -0.354 e. The molecule has 1 aromatic carbocycles. The van der Waals surface area contributed by atoms with Crippen molar-refractivity contribution in [3.63, 3.8) is 0 Å². The highest BCUT2D eigenvalue weighted by Gasteiger charge is 2.37. The van der Waals surface area contributed by atoms with Crippen molar-refractivity contribution in [2.24, 2.45) is 5.92 Å². The van der Waals surface area contributed by atoms with E-state index < -0.39 is 0 Å². The molecule has 1 saturated heterocycles. The van der Waals surface area contributed by atoms with Gasteiger partial charge in [0, 0.05) is 17.6 Å². The summed E-state index contributed by atoms with van der Waals surface area (Å²) in [5.74, 6) is 0.668. The molecular weight excluding hydrogens is 308 g/mol. The van der Waals surface area contributed by atoms with E-state index in [4.69, 9.17) is 11.6 Å². The summed E-state index contributed by atoms with van der Waals surface area (Å²) in [5, 5.41) is 3.93. The van der Waals surface area contributed by atoms with Gasteiger partial charge in [0.1, 0.15) is 0 Å². The maximum Gasteiger partial charge on any atom is 0.227 e. The molecule has 1 saturated carbocycles. The molecule has 1 amide bonds. The number of carbonyl (C=O) groups excluding carboxylic acids is 1. The smallest absolute Gasteiger partial charge is 0.227 e. The Morgan fingerprint density at radius 1 is 1.22 bits per heavy atom. The lowest BCUT2D eigenvalue weighted by Gasteiger charge is -2.32. The largest absolute Gasteiger partial charge is 0.354 e. The number of likely N-dealkylation sites (tertiary alicyclic amines) is 1. The lowest BCUT2D eigenvalue weighted by molar-refractivity contribution is -0.123. The number of amides is 1. The molecule has 0 bridgehead atoms. The Hall–Kier alpha value is -1.06. The minimum absolute atomic E-state index is 0.0131. The molecule has 2 atom stereocenters. The van der Waals surface area contributed by atoms with Crippen LogP contribution >= 0.6 is 11.6 Å². The van der Waals surface area contributed by atoms with Gasteiger partial charge in [-0.3, -0.25) is 9.69 Å². The highest BCUT2D eigenvalue weighted by molar-refractivity contribution is 6.30. The second-order valence-corrected chi connectivity index (χ2v) is 7.49. The van der Waals surface area contributed by atoms with Gasteiger partial charge in [-0.05, 0) is 69.3 Å². The second-order valence-electron chi connectivity index (χ2n) is 7.06. The highest BCUT2D eigenvalue weighted by atomic mass is 35.5. The molecule has 126 valence electrons. The molecule has 0 radical (unpaired) electrons. The van der Waals surface area contributed by atoms with E-state index >= 15 is 0 Å². The summed E-state index contributed by atoms with van der Waals surface area (Å²) in [6.07, 6.45) is 6.22. The number of benzene rings is 1. The van der Waals surface area contributed by atoms with Gasteiger partial charge in [-0.2, -0.15) is 0 Å². The van der Waals surface area contributed by atoms with E-state index in [0.29, 0.717) is 12.0 Å². The molecule has 2 aliphatic rings. The number of hydrogen-bond acceptors (Lipinski definition) is 2. The molecular formula is C19H27ClN2O. The zero-order chi connectivity index (χ0) is 16.2. The van der Waals surface area contributed by atoms with Crippen LogP contribution in [0.1, 0.15) is 50.5 Å². The molecule has 1 heterocycles. The number of halogens is 1. The fraction of sp³-hybridized carbons (Fsp3) is 0.632. The summed E-state index contributed by atoms with van der Waals surface area (Å²) < 4.78 is 0. The maximum absolute atomic E-state index is 12.7. The van der Waals surface area contributed by atoms with Gasteiger partial charge in [-0.1, -0.05) is 30.2 Å². The van der Waals surface area contributed by atoms with E-state index in [0.717, 1.165) is 30.0 Å². The Kier molecular flexibility index (Phi) is 5.60. The molecule has 2 fully saturated rings. The van der Waals surface area contributed by atoms with Crippen LogP contribution in [0.5, 0.6) is 0 Å². The van der Waals surface area contributed by atoms with E-state index in [2.05, 4.69) is 17.1 Å². The maximum atomic E-state index is 12.7. The van der Waals surface area contributed by atoms with Crippen LogP contribution in [0.4, 0.5) is 0 Å². The van der Waals surface area contributed by atoms with Crippen molar-refractivity contribution in [1.82, 2.24) is 10.2 Å². The number of nitrogens with one attached hydrogen (secondary N) is 1. The number of rotatable bonds is 6. The van der Waals surface area contributed by atoms with Gasteiger partial charge in [0.05, 0.1) is 5.92 Å². The van der Waals surface area contributed by atoms with Gasteiger partial charge < -0.3 is 5.32 Å². The molecule has 1 N–H and O–H groups in total. The van der Waals surface area contributed by atoms with Crippen molar-refractivity contribution in [1.29, 1.82) is 0 Å². The fourth-order valence-electron chi connectivity index (χ4n) is 3.58. The number of hydrogen-bond donors (Lipinski definition) is 1. The standard InChI is InChI=1S/C19H27ClN2O/c1-14(22-11-3-2-4-12-22)13-21-19(23)18(15-5-6-15)16-7-9-17(20)10-8-16/h7-10,14-15,18H,2-6,11-13H2,1H3,(H,21,23). The average Bonchev–Trinajstić information content (AvgIpc) is 3.40. The van der Waals surface area contributed by atoms with Crippen molar-refractivity contribution in [3.8, 4) is 0 Å². The first-order valence-electron chi connectivity index (χ1n) is 8.92. The van der Waals surface area contributed by atoms with Crippen LogP contribution in [0.15, 0.2) is 24.3 Å². The first kappa shape index (κ1) is 16.8. The quantitative estimate of drug-likeness (QED) is 0.857. The van der Waals surface area contributed by atoms with Crippen molar-refractivity contribution < 1.29 is 4.79 Å². The molecule has 1 aliphatic carbocycles. The predicted octanol–water partition coefficient (Wildman–Crippen LogP) is 3.82. The number of carbonyl (C=O) groups is 1. The highest BCUT2D eigenvalue weighted by Crippen LogP contribution is 2.42. The van der Waals surface area contributed by atoms with Crippen molar-refractivity contribution in [2.45, 2.75) is 51.0 Å². The zero-order valence-corrected chi connectivity index (χ0v) is 14.7. The van der Waals surface area contributed by atoms with Crippen molar-refractivity contribution in [2.75, 3.05) is 19.6 Å². The summed E-state index contributed by atoms with van der Waals surface area (Å²) in [4.78, 5) is 15.2. The van der Waals surface area contributed by atoms with Gasteiger partial charge in [0.2, 0.25) is 5.91 Å². The normalized spacial score (nSPS) is 21.7. The van der Waals surface area contributed by atoms with Crippen LogP contribution in [0, 0.1) is 5.92 Å². The van der Waals surface area contributed by atoms with Crippen molar-refractivity contribution in [3.05, 3.63) is 34.9 Å². The topological polar surface area (TPSA) is 32.3 Å². The number of nitrogens with zero attached hydrogens (tertiary/aromatic N) is 1. The van der Waals surface area contributed by atoms with Gasteiger partial charge in [0.15, 0.2) is 0 Å². The van der Waals surface area contributed by atoms with Crippen LogP contribution in [0.25, 0.3) is 0 Å². The molecule has 2 unspecified atom stereocenters. The lowest BCUT2D eigenvalue weighted by Crippen LogP contribution is -2.45. The Labute approximate surface area is 144 Å². The summed E-state index contributed by atoms with van der Waals surface area (Å²) in [6, 6.07) is 8.19. The first-order valence-corrected chi connectivity index (χ1v) is 9.30. The monoisotopic (exact) mass is 334 g/mol. The third-order valence-corrected chi connectivity index (χ3v) is 5.44. The van der Waals surface area contributed by atoms with Crippen LogP contribution in [-0.4, -0.2) is 36.5 Å². The molecule has 23 heavy (non-hydrogen) atoms. The Bertz CT molecular complexity index is 521. The van der Waals surface area contributed by atoms with Crippen LogP contribution < -0.4 is 5.32 Å². The third kappa shape index (κ3) is 4.48. The first-order chi connectivity index (χ1) is 11.1. The van der Waals surface area contributed by atoms with E-state index in [1.54, 1.807) is 0 Å². The van der Waals surface area contributed by atoms with Crippen LogP contribution in [0.3, 0.4) is 0 Å². The van der Waals surface area contributed by atoms with Gasteiger partial charge in [0.25, 0.3) is 0 Å². The van der Waals surface area contributed by atoms with E-state index in [1.165, 1.54) is 32.4 Å². The van der Waals surface area contributed by atoms with Gasteiger partial charge >= 0.3 is 0 Å². The van der Waals surface area contributed by atoms with Crippen LogP contribution in [0.2, 0.25) is 5.02 Å². The molecule has 3 rings (SSSR count). The van der Waals surface area contributed by atoms with Gasteiger partial charge in [-0.15, -0.1) is 0 Å². The molecule has 4 heteroatoms. The zero-order valence-electron chi connectivity index (χ0n) is 13.9. The predicted molar refractivity (Wildman–Crippen MR) is 94.8 cm³/mol. The van der Waals surface area contributed by atoms with E-state index in [9.17, 15) is 4.79 Å². The van der Waals surface area contributed by atoms with E-state index in [-0.39, 0.29) is 11.8 Å². The molecule has 3 nitrogen and oxygen atoms in total. The summed E-state index contributed by atoms with van der Waals surface area (Å²) >= 11 is 5.97.